The van der Waals surface area contributed by atoms with Gasteiger partial charge in [-0.25, -0.2) is 0 Å². The van der Waals surface area contributed by atoms with Crippen LogP contribution in [0, 0.1) is 5.92 Å². The van der Waals surface area contributed by atoms with E-state index in [1.165, 1.54) is 0 Å². The van der Waals surface area contributed by atoms with E-state index in [0.29, 0.717) is 23.8 Å². The molecule has 26 heavy (non-hydrogen) atoms. The number of amides is 2. The van der Waals surface area contributed by atoms with Crippen LogP contribution in [0.25, 0.3) is 0 Å². The SMILES string of the molecule is CCOc1ccc(Oc2ccccc2NC(=O)CNC(=O)C2CC2)cc1. The number of nitrogens with one attached hydrogen (secondary N) is 2. The van der Waals surface area contributed by atoms with Gasteiger partial charge in [-0.15, -0.1) is 0 Å². The Balaban J connectivity index is 1.59. The molecule has 3 rings (SSSR count). The molecule has 0 aliphatic heterocycles. The monoisotopic (exact) mass is 354 g/mol. The Labute approximate surface area is 152 Å². The van der Waals surface area contributed by atoms with Crippen molar-refractivity contribution < 1.29 is 19.1 Å². The number of rotatable bonds is 8. The standard InChI is InChI=1S/C20H22N2O4/c1-2-25-15-9-11-16(12-10-15)26-18-6-4-3-5-17(18)22-19(23)13-21-20(24)14-7-8-14/h3-6,9-12,14H,2,7-8,13H2,1H3,(H,21,24)(H,22,23). The van der Waals surface area contributed by atoms with E-state index in [1.54, 1.807) is 24.3 Å². The zero-order chi connectivity index (χ0) is 18.4. The van der Waals surface area contributed by atoms with Gasteiger partial charge in [-0.05, 0) is 56.2 Å². The second kappa shape index (κ2) is 8.38. The van der Waals surface area contributed by atoms with Gasteiger partial charge in [0, 0.05) is 5.92 Å². The first-order valence-electron chi connectivity index (χ1n) is 8.73. The summed E-state index contributed by atoms with van der Waals surface area (Å²) in [6.45, 7) is 2.48. The zero-order valence-electron chi connectivity index (χ0n) is 14.7. The molecule has 0 saturated heterocycles. The van der Waals surface area contributed by atoms with Crippen molar-refractivity contribution in [1.82, 2.24) is 5.32 Å². The lowest BCUT2D eigenvalue weighted by atomic mass is 10.2. The second-order valence-electron chi connectivity index (χ2n) is 6.04. The highest BCUT2D eigenvalue weighted by Crippen LogP contribution is 2.30. The maximum absolute atomic E-state index is 12.1. The first kappa shape index (κ1) is 17.8. The topological polar surface area (TPSA) is 76.7 Å². The number of hydrogen-bond acceptors (Lipinski definition) is 4. The van der Waals surface area contributed by atoms with Crippen LogP contribution in [0.3, 0.4) is 0 Å². The summed E-state index contributed by atoms with van der Waals surface area (Å²) in [5.74, 6) is 1.67. The largest absolute Gasteiger partial charge is 0.494 e. The van der Waals surface area contributed by atoms with Gasteiger partial charge in [-0.1, -0.05) is 12.1 Å². The summed E-state index contributed by atoms with van der Waals surface area (Å²) in [6.07, 6.45) is 1.82. The van der Waals surface area contributed by atoms with Gasteiger partial charge in [0.25, 0.3) is 0 Å². The minimum atomic E-state index is -0.290. The molecule has 1 aliphatic rings. The van der Waals surface area contributed by atoms with Crippen LogP contribution in [0.1, 0.15) is 19.8 Å². The Morgan fingerprint density at radius 1 is 1.04 bits per heavy atom. The van der Waals surface area contributed by atoms with Gasteiger partial charge in [0.1, 0.15) is 11.5 Å². The molecule has 0 aromatic heterocycles. The van der Waals surface area contributed by atoms with Gasteiger partial charge in [0.15, 0.2) is 5.75 Å². The van der Waals surface area contributed by atoms with Gasteiger partial charge < -0.3 is 20.1 Å². The van der Waals surface area contributed by atoms with Crippen molar-refractivity contribution >= 4 is 17.5 Å². The summed E-state index contributed by atoms with van der Waals surface area (Å²) < 4.78 is 11.3. The highest BCUT2D eigenvalue weighted by atomic mass is 16.5. The predicted octanol–water partition coefficient (Wildman–Crippen LogP) is 3.34. The lowest BCUT2D eigenvalue weighted by molar-refractivity contribution is -0.125. The van der Waals surface area contributed by atoms with E-state index in [1.807, 2.05) is 31.2 Å². The number of carbonyl (C=O) groups excluding carboxylic acids is 2. The normalized spacial score (nSPS) is 13.0. The first-order chi connectivity index (χ1) is 12.7. The Kier molecular flexibility index (Phi) is 5.73. The maximum atomic E-state index is 12.1. The average molecular weight is 354 g/mol. The molecule has 0 spiro atoms. The lowest BCUT2D eigenvalue weighted by Crippen LogP contribution is -2.33. The van der Waals surface area contributed by atoms with Crippen LogP contribution in [0.4, 0.5) is 5.69 Å². The van der Waals surface area contributed by atoms with E-state index >= 15 is 0 Å². The third kappa shape index (κ3) is 4.99. The smallest absolute Gasteiger partial charge is 0.243 e. The average Bonchev–Trinajstić information content (AvgIpc) is 3.48. The van der Waals surface area contributed by atoms with E-state index in [9.17, 15) is 9.59 Å². The molecular formula is C20H22N2O4. The van der Waals surface area contributed by atoms with E-state index in [-0.39, 0.29) is 24.3 Å². The van der Waals surface area contributed by atoms with Gasteiger partial charge in [-0.3, -0.25) is 9.59 Å². The van der Waals surface area contributed by atoms with Crippen molar-refractivity contribution in [3.63, 3.8) is 0 Å². The van der Waals surface area contributed by atoms with Crippen LogP contribution in [0.15, 0.2) is 48.5 Å². The van der Waals surface area contributed by atoms with Crippen molar-refractivity contribution in [1.29, 1.82) is 0 Å². The van der Waals surface area contributed by atoms with Crippen molar-refractivity contribution in [3.05, 3.63) is 48.5 Å². The highest BCUT2D eigenvalue weighted by Gasteiger charge is 2.29. The molecule has 2 N–H and O–H groups in total. The Bertz CT molecular complexity index is 770. The number of anilines is 1. The molecule has 6 heteroatoms. The highest BCUT2D eigenvalue weighted by molar-refractivity contribution is 5.96. The zero-order valence-corrected chi connectivity index (χ0v) is 14.7. The minimum Gasteiger partial charge on any atom is -0.494 e. The minimum absolute atomic E-state index is 0.0489. The van der Waals surface area contributed by atoms with Gasteiger partial charge in [0.05, 0.1) is 18.8 Å². The quantitative estimate of drug-likeness (QED) is 0.762. The Morgan fingerprint density at radius 3 is 2.42 bits per heavy atom. The molecule has 1 saturated carbocycles. The predicted molar refractivity (Wildman–Crippen MR) is 98.5 cm³/mol. The summed E-state index contributed by atoms with van der Waals surface area (Å²) in [5.41, 5.74) is 0.548. The molecule has 0 atom stereocenters. The van der Waals surface area contributed by atoms with Crippen LogP contribution >= 0.6 is 0 Å². The number of ether oxygens (including phenoxy) is 2. The molecule has 2 amide bonds. The number of benzene rings is 2. The van der Waals surface area contributed by atoms with Crippen LogP contribution < -0.4 is 20.1 Å². The van der Waals surface area contributed by atoms with Crippen molar-refractivity contribution in [2.24, 2.45) is 5.92 Å². The summed E-state index contributed by atoms with van der Waals surface area (Å²) in [4.78, 5) is 23.7. The molecule has 1 fully saturated rings. The summed E-state index contributed by atoms with van der Waals surface area (Å²) in [7, 11) is 0. The number of carbonyl (C=O) groups is 2. The van der Waals surface area contributed by atoms with Gasteiger partial charge in [-0.2, -0.15) is 0 Å². The van der Waals surface area contributed by atoms with Gasteiger partial charge >= 0.3 is 0 Å². The van der Waals surface area contributed by atoms with E-state index in [0.717, 1.165) is 18.6 Å². The summed E-state index contributed by atoms with van der Waals surface area (Å²) >= 11 is 0. The molecule has 0 radical (unpaired) electrons. The van der Waals surface area contributed by atoms with Crippen molar-refractivity contribution in [2.75, 3.05) is 18.5 Å². The molecule has 0 unspecified atom stereocenters. The fourth-order valence-electron chi connectivity index (χ4n) is 2.41. The van der Waals surface area contributed by atoms with E-state index in [2.05, 4.69) is 10.6 Å². The summed E-state index contributed by atoms with van der Waals surface area (Å²) in [6, 6.07) is 14.4. The Hall–Kier alpha value is -3.02. The number of para-hydroxylation sites is 2. The molecule has 0 heterocycles. The van der Waals surface area contributed by atoms with Crippen LogP contribution in [-0.4, -0.2) is 25.0 Å². The van der Waals surface area contributed by atoms with Gasteiger partial charge in [0.2, 0.25) is 11.8 Å². The molecule has 1 aliphatic carbocycles. The molecule has 2 aromatic carbocycles. The summed E-state index contributed by atoms with van der Waals surface area (Å²) in [5, 5.41) is 5.42. The molecule has 2 aromatic rings. The van der Waals surface area contributed by atoms with Crippen LogP contribution in [0.2, 0.25) is 0 Å². The van der Waals surface area contributed by atoms with Crippen molar-refractivity contribution in [2.45, 2.75) is 19.8 Å². The number of hydrogen-bond donors (Lipinski definition) is 2. The van der Waals surface area contributed by atoms with E-state index in [4.69, 9.17) is 9.47 Å². The molecule has 136 valence electrons. The van der Waals surface area contributed by atoms with E-state index < -0.39 is 0 Å². The first-order valence-corrected chi connectivity index (χ1v) is 8.73. The van der Waals surface area contributed by atoms with Crippen LogP contribution in [0.5, 0.6) is 17.2 Å². The molecule has 6 nitrogen and oxygen atoms in total. The third-order valence-electron chi connectivity index (χ3n) is 3.90. The molecule has 0 bridgehead atoms. The fraction of sp³-hybridized carbons (Fsp3) is 0.300. The third-order valence-corrected chi connectivity index (χ3v) is 3.90. The Morgan fingerprint density at radius 2 is 1.73 bits per heavy atom. The van der Waals surface area contributed by atoms with Crippen LogP contribution in [-0.2, 0) is 9.59 Å². The lowest BCUT2D eigenvalue weighted by Gasteiger charge is -2.13. The molecular weight excluding hydrogens is 332 g/mol. The fourth-order valence-corrected chi connectivity index (χ4v) is 2.41. The maximum Gasteiger partial charge on any atom is 0.243 e. The second-order valence-corrected chi connectivity index (χ2v) is 6.04. The van der Waals surface area contributed by atoms with Crippen molar-refractivity contribution in [3.8, 4) is 17.2 Å².